The molecule has 1 unspecified atom stereocenters. The van der Waals surface area contributed by atoms with Gasteiger partial charge in [-0.15, -0.1) is 0 Å². The first-order valence-electron chi connectivity index (χ1n) is 7.90. The second-order valence-electron chi connectivity index (χ2n) is 6.21. The maximum Gasteiger partial charge on any atom is 0.225 e. The molecule has 0 aromatic heterocycles. The molecule has 1 heterocycles. The zero-order valence-corrected chi connectivity index (χ0v) is 13.7. The Morgan fingerprint density at radius 3 is 2.70 bits per heavy atom. The molecular formula is C17H24FN3O2. The van der Waals surface area contributed by atoms with Crippen molar-refractivity contribution < 1.29 is 14.0 Å². The number of halogens is 1. The number of hydrogen-bond donors (Lipinski definition) is 1. The molecule has 1 aliphatic heterocycles. The summed E-state index contributed by atoms with van der Waals surface area (Å²) in [6.07, 6.45) is 0.937. The number of likely N-dealkylation sites (tertiary alicyclic amines) is 1. The number of benzene rings is 1. The largest absolute Gasteiger partial charge is 0.355 e. The second kappa shape index (κ2) is 8.06. The van der Waals surface area contributed by atoms with Crippen molar-refractivity contribution in [3.63, 3.8) is 0 Å². The third-order valence-electron chi connectivity index (χ3n) is 4.03. The highest BCUT2D eigenvalue weighted by atomic mass is 19.1. The van der Waals surface area contributed by atoms with Crippen molar-refractivity contribution in [2.45, 2.75) is 12.8 Å². The van der Waals surface area contributed by atoms with E-state index < -0.39 is 0 Å². The quantitative estimate of drug-likeness (QED) is 0.812. The molecule has 2 rings (SSSR count). The molecule has 0 spiro atoms. The second-order valence-corrected chi connectivity index (χ2v) is 6.21. The van der Waals surface area contributed by atoms with E-state index >= 15 is 0 Å². The first kappa shape index (κ1) is 17.4. The van der Waals surface area contributed by atoms with Gasteiger partial charge in [0.1, 0.15) is 5.82 Å². The predicted molar refractivity (Wildman–Crippen MR) is 86.4 cm³/mol. The molecule has 23 heavy (non-hydrogen) atoms. The van der Waals surface area contributed by atoms with Crippen molar-refractivity contribution in [3.05, 3.63) is 35.6 Å². The highest BCUT2D eigenvalue weighted by molar-refractivity contribution is 5.89. The van der Waals surface area contributed by atoms with Gasteiger partial charge in [0.05, 0.1) is 5.92 Å². The van der Waals surface area contributed by atoms with Gasteiger partial charge in [-0.1, -0.05) is 12.1 Å². The number of nitrogens with zero attached hydrogens (tertiary/aromatic N) is 2. The topological polar surface area (TPSA) is 52.6 Å². The van der Waals surface area contributed by atoms with Crippen LogP contribution in [0.5, 0.6) is 0 Å². The Kier molecular flexibility index (Phi) is 6.10. The van der Waals surface area contributed by atoms with E-state index in [1.54, 1.807) is 17.0 Å². The lowest BCUT2D eigenvalue weighted by molar-refractivity contribution is -0.129. The van der Waals surface area contributed by atoms with Crippen LogP contribution in [0.2, 0.25) is 0 Å². The Balaban J connectivity index is 1.73. The standard InChI is InChI=1S/C17H24FN3O2/c1-20(2)9-10-21-12-14(11-16(21)22)17(23)19-8-7-13-3-5-15(18)6-4-13/h3-6,14H,7-12H2,1-2H3,(H,19,23). The first-order chi connectivity index (χ1) is 11.0. The van der Waals surface area contributed by atoms with Gasteiger partial charge in [0.2, 0.25) is 11.8 Å². The van der Waals surface area contributed by atoms with E-state index in [1.807, 2.05) is 19.0 Å². The van der Waals surface area contributed by atoms with Crippen molar-refractivity contribution in [2.24, 2.45) is 5.92 Å². The highest BCUT2D eigenvalue weighted by Crippen LogP contribution is 2.17. The van der Waals surface area contributed by atoms with E-state index in [0.29, 0.717) is 26.1 Å². The zero-order chi connectivity index (χ0) is 16.8. The van der Waals surface area contributed by atoms with Gasteiger partial charge in [-0.25, -0.2) is 4.39 Å². The van der Waals surface area contributed by atoms with Gasteiger partial charge in [0.15, 0.2) is 0 Å². The molecule has 1 aliphatic rings. The molecule has 1 aromatic carbocycles. The summed E-state index contributed by atoms with van der Waals surface area (Å²) in [5, 5.41) is 2.87. The molecule has 5 nitrogen and oxygen atoms in total. The Morgan fingerprint density at radius 2 is 2.04 bits per heavy atom. The molecule has 2 amide bonds. The van der Waals surface area contributed by atoms with Crippen molar-refractivity contribution in [1.29, 1.82) is 0 Å². The highest BCUT2D eigenvalue weighted by Gasteiger charge is 2.33. The molecule has 0 saturated carbocycles. The summed E-state index contributed by atoms with van der Waals surface area (Å²) in [6, 6.07) is 6.25. The molecule has 126 valence electrons. The molecule has 6 heteroatoms. The van der Waals surface area contributed by atoms with Crippen LogP contribution in [0.1, 0.15) is 12.0 Å². The van der Waals surface area contributed by atoms with Crippen LogP contribution < -0.4 is 5.32 Å². The van der Waals surface area contributed by atoms with Crippen LogP contribution in [0, 0.1) is 11.7 Å². The number of carbonyl (C=O) groups is 2. The predicted octanol–water partition coefficient (Wildman–Crippen LogP) is 0.895. The lowest BCUT2D eigenvalue weighted by Gasteiger charge is -2.19. The fourth-order valence-corrected chi connectivity index (χ4v) is 2.61. The maximum absolute atomic E-state index is 12.8. The minimum atomic E-state index is -0.266. The summed E-state index contributed by atoms with van der Waals surface area (Å²) >= 11 is 0. The molecule has 1 fully saturated rings. The summed E-state index contributed by atoms with van der Waals surface area (Å²) in [5.41, 5.74) is 0.974. The lowest BCUT2D eigenvalue weighted by atomic mass is 10.1. The number of rotatable bonds is 7. The van der Waals surface area contributed by atoms with Crippen LogP contribution in [0.25, 0.3) is 0 Å². The van der Waals surface area contributed by atoms with E-state index in [4.69, 9.17) is 0 Å². The van der Waals surface area contributed by atoms with E-state index in [2.05, 4.69) is 5.32 Å². The van der Waals surface area contributed by atoms with Crippen LogP contribution in [0.3, 0.4) is 0 Å². The fraction of sp³-hybridized carbons (Fsp3) is 0.529. The zero-order valence-electron chi connectivity index (χ0n) is 13.7. The molecule has 1 N–H and O–H groups in total. The molecule has 1 atom stereocenters. The third-order valence-corrected chi connectivity index (χ3v) is 4.03. The smallest absolute Gasteiger partial charge is 0.225 e. The van der Waals surface area contributed by atoms with E-state index in [9.17, 15) is 14.0 Å². The monoisotopic (exact) mass is 321 g/mol. The minimum Gasteiger partial charge on any atom is -0.355 e. The van der Waals surface area contributed by atoms with E-state index in [0.717, 1.165) is 12.1 Å². The molecule has 1 saturated heterocycles. The van der Waals surface area contributed by atoms with Gasteiger partial charge in [-0.3, -0.25) is 9.59 Å². The SMILES string of the molecule is CN(C)CCN1CC(C(=O)NCCc2ccc(F)cc2)CC1=O. The average Bonchev–Trinajstić information content (AvgIpc) is 2.88. The molecule has 0 aliphatic carbocycles. The lowest BCUT2D eigenvalue weighted by Crippen LogP contribution is -2.36. The van der Waals surface area contributed by atoms with Crippen LogP contribution in [0.15, 0.2) is 24.3 Å². The Hall–Kier alpha value is -1.95. The van der Waals surface area contributed by atoms with Crippen LogP contribution in [-0.2, 0) is 16.0 Å². The Morgan fingerprint density at radius 1 is 1.35 bits per heavy atom. The van der Waals surface area contributed by atoms with Gasteiger partial charge in [0, 0.05) is 32.6 Å². The number of likely N-dealkylation sites (N-methyl/N-ethyl adjacent to an activating group) is 1. The molecular weight excluding hydrogens is 297 g/mol. The van der Waals surface area contributed by atoms with Crippen molar-refractivity contribution in [3.8, 4) is 0 Å². The van der Waals surface area contributed by atoms with Gasteiger partial charge in [-0.2, -0.15) is 0 Å². The Bertz CT molecular complexity index is 545. The summed E-state index contributed by atoms with van der Waals surface area (Å²) < 4.78 is 12.8. The van der Waals surface area contributed by atoms with Crippen molar-refractivity contribution in [2.75, 3.05) is 40.3 Å². The van der Waals surface area contributed by atoms with Crippen molar-refractivity contribution >= 4 is 11.8 Å². The van der Waals surface area contributed by atoms with Gasteiger partial charge in [-0.05, 0) is 38.2 Å². The summed E-state index contributed by atoms with van der Waals surface area (Å²) in [5.74, 6) is -0.559. The minimum absolute atomic E-state index is 0.0468. The van der Waals surface area contributed by atoms with Crippen LogP contribution in [-0.4, -0.2) is 61.9 Å². The third kappa shape index (κ3) is 5.32. The first-order valence-corrected chi connectivity index (χ1v) is 7.90. The summed E-state index contributed by atoms with van der Waals surface area (Å²) in [7, 11) is 3.92. The number of hydrogen-bond acceptors (Lipinski definition) is 3. The normalized spacial score (nSPS) is 17.8. The summed E-state index contributed by atoms with van der Waals surface area (Å²) in [4.78, 5) is 27.9. The van der Waals surface area contributed by atoms with Crippen LogP contribution >= 0.6 is 0 Å². The maximum atomic E-state index is 12.8. The van der Waals surface area contributed by atoms with Gasteiger partial charge in [0.25, 0.3) is 0 Å². The fourth-order valence-electron chi connectivity index (χ4n) is 2.61. The van der Waals surface area contributed by atoms with E-state index in [1.165, 1.54) is 12.1 Å². The molecule has 0 bridgehead atoms. The Labute approximate surface area is 136 Å². The number of carbonyl (C=O) groups excluding carboxylic acids is 2. The summed E-state index contributed by atoms with van der Waals surface area (Å²) in [6.45, 7) is 2.44. The van der Waals surface area contributed by atoms with Crippen LogP contribution in [0.4, 0.5) is 4.39 Å². The van der Waals surface area contributed by atoms with Crippen molar-refractivity contribution in [1.82, 2.24) is 15.1 Å². The average molecular weight is 321 g/mol. The molecule has 1 aromatic rings. The van der Waals surface area contributed by atoms with Gasteiger partial charge >= 0.3 is 0 Å². The number of amides is 2. The molecule has 0 radical (unpaired) electrons. The van der Waals surface area contributed by atoms with E-state index in [-0.39, 0.29) is 30.0 Å². The van der Waals surface area contributed by atoms with Gasteiger partial charge < -0.3 is 15.1 Å². The number of nitrogens with one attached hydrogen (secondary N) is 1.